The number of nitrogens with zero attached hydrogens (tertiary/aromatic N) is 3. The second kappa shape index (κ2) is 4.31. The fourth-order valence-electron chi connectivity index (χ4n) is 1.21. The van der Waals surface area contributed by atoms with Crippen LogP contribution in [0.15, 0.2) is 15.8 Å². The maximum Gasteiger partial charge on any atom is 0.330 e. The quantitative estimate of drug-likeness (QED) is 0.590. The van der Waals surface area contributed by atoms with E-state index in [4.69, 9.17) is 0 Å². The van der Waals surface area contributed by atoms with Gasteiger partial charge in [-0.25, -0.2) is 9.86 Å². The van der Waals surface area contributed by atoms with E-state index in [9.17, 15) is 14.4 Å². The van der Waals surface area contributed by atoms with Crippen LogP contribution in [0.25, 0.3) is 0 Å². The summed E-state index contributed by atoms with van der Waals surface area (Å²) in [6.45, 7) is 0. The summed E-state index contributed by atoms with van der Waals surface area (Å²) in [6.07, 6.45) is 1.20. The Hall–Kier alpha value is -1.89. The molecular weight excluding hydrogens is 214 g/mol. The zero-order valence-corrected chi connectivity index (χ0v) is 9.55. The molecule has 0 radical (unpaired) electrons. The molecule has 1 amide bonds. The molecule has 0 aliphatic carbocycles. The van der Waals surface area contributed by atoms with Crippen LogP contribution in [0.5, 0.6) is 0 Å². The Kier molecular flexibility index (Phi) is 3.28. The molecule has 1 heterocycles. The topological polar surface area (TPSA) is 73.5 Å². The van der Waals surface area contributed by atoms with Gasteiger partial charge in [-0.2, -0.15) is 0 Å². The minimum Gasteiger partial charge on any atom is -0.303 e. The number of hydrogen-bond acceptors (Lipinski definition) is 4. The minimum absolute atomic E-state index is 0.117. The lowest BCUT2D eigenvalue weighted by Gasteiger charge is -2.14. The average Bonchev–Trinajstić information content (AvgIpc) is 2.29. The van der Waals surface area contributed by atoms with E-state index < -0.39 is 17.2 Å². The first kappa shape index (κ1) is 12.2. The van der Waals surface area contributed by atoms with Crippen molar-refractivity contribution in [1.82, 2.24) is 14.2 Å². The molecule has 0 N–H and O–H groups in total. The number of hydroxylamine groups is 2. The van der Waals surface area contributed by atoms with Gasteiger partial charge in [-0.05, 0) is 0 Å². The molecule has 0 bridgehead atoms. The molecule has 0 atom stereocenters. The third kappa shape index (κ3) is 1.89. The van der Waals surface area contributed by atoms with Crippen molar-refractivity contribution >= 4 is 5.91 Å². The van der Waals surface area contributed by atoms with Gasteiger partial charge in [0.05, 0.1) is 7.11 Å². The Morgan fingerprint density at radius 1 is 1.38 bits per heavy atom. The fourth-order valence-corrected chi connectivity index (χ4v) is 1.21. The maximum atomic E-state index is 11.7. The highest BCUT2D eigenvalue weighted by Crippen LogP contribution is 1.95. The lowest BCUT2D eigenvalue weighted by Crippen LogP contribution is -2.42. The highest BCUT2D eigenvalue weighted by molar-refractivity contribution is 5.92. The van der Waals surface area contributed by atoms with Crippen LogP contribution in [-0.4, -0.2) is 34.3 Å². The number of carbonyl (C=O) groups excluding carboxylic acids is 1. The van der Waals surface area contributed by atoms with Gasteiger partial charge in [0.15, 0.2) is 0 Å². The molecule has 1 rings (SSSR count). The van der Waals surface area contributed by atoms with Gasteiger partial charge in [0.1, 0.15) is 5.56 Å². The molecule has 16 heavy (non-hydrogen) atoms. The van der Waals surface area contributed by atoms with E-state index in [1.54, 1.807) is 0 Å². The van der Waals surface area contributed by atoms with Gasteiger partial charge in [0, 0.05) is 27.3 Å². The van der Waals surface area contributed by atoms with Crippen molar-refractivity contribution < 1.29 is 9.63 Å². The van der Waals surface area contributed by atoms with E-state index >= 15 is 0 Å². The first-order valence-corrected chi connectivity index (χ1v) is 4.49. The molecule has 0 aromatic carbocycles. The van der Waals surface area contributed by atoms with Crippen LogP contribution in [-0.2, 0) is 18.9 Å². The molecule has 1 aromatic rings. The molecule has 0 spiro atoms. The largest absolute Gasteiger partial charge is 0.330 e. The van der Waals surface area contributed by atoms with Gasteiger partial charge in [0.2, 0.25) is 0 Å². The molecule has 0 aliphatic rings. The number of rotatable bonds is 2. The molecule has 7 nitrogen and oxygen atoms in total. The van der Waals surface area contributed by atoms with Gasteiger partial charge in [-0.3, -0.25) is 19.0 Å². The van der Waals surface area contributed by atoms with Crippen LogP contribution in [0.1, 0.15) is 10.4 Å². The molecule has 0 saturated heterocycles. The van der Waals surface area contributed by atoms with Crippen molar-refractivity contribution in [2.75, 3.05) is 14.2 Å². The summed E-state index contributed by atoms with van der Waals surface area (Å²) in [7, 11) is 5.47. The first-order valence-electron chi connectivity index (χ1n) is 4.49. The molecule has 0 saturated carbocycles. The van der Waals surface area contributed by atoms with Crippen molar-refractivity contribution in [3.63, 3.8) is 0 Å². The van der Waals surface area contributed by atoms with Crippen molar-refractivity contribution in [3.8, 4) is 0 Å². The SMILES string of the molecule is CON(C)C(=O)c1cn(C)c(=O)n(C)c1=O. The van der Waals surface area contributed by atoms with Crippen molar-refractivity contribution in [3.05, 3.63) is 32.6 Å². The van der Waals surface area contributed by atoms with E-state index in [0.717, 1.165) is 14.2 Å². The van der Waals surface area contributed by atoms with Crippen LogP contribution in [0.2, 0.25) is 0 Å². The molecule has 0 fully saturated rings. The Morgan fingerprint density at radius 2 is 1.94 bits per heavy atom. The fraction of sp³-hybridized carbons (Fsp3) is 0.444. The van der Waals surface area contributed by atoms with Crippen LogP contribution in [0.3, 0.4) is 0 Å². The van der Waals surface area contributed by atoms with E-state index in [0.29, 0.717) is 0 Å². The van der Waals surface area contributed by atoms with Gasteiger partial charge < -0.3 is 4.57 Å². The number of aryl methyl sites for hydroxylation is 1. The molecule has 88 valence electrons. The number of aromatic nitrogens is 2. The van der Waals surface area contributed by atoms with Crippen molar-refractivity contribution in [2.24, 2.45) is 14.1 Å². The van der Waals surface area contributed by atoms with Crippen LogP contribution in [0, 0.1) is 0 Å². The van der Waals surface area contributed by atoms with Gasteiger partial charge >= 0.3 is 5.69 Å². The molecular formula is C9H13N3O4. The van der Waals surface area contributed by atoms with Crippen LogP contribution >= 0.6 is 0 Å². The normalized spacial score (nSPS) is 10.2. The maximum absolute atomic E-state index is 11.7. The van der Waals surface area contributed by atoms with Crippen LogP contribution in [0.4, 0.5) is 0 Å². The predicted molar refractivity (Wildman–Crippen MR) is 56.0 cm³/mol. The Labute approximate surface area is 91.4 Å². The zero-order valence-electron chi connectivity index (χ0n) is 9.55. The molecule has 1 aromatic heterocycles. The monoisotopic (exact) mass is 227 g/mol. The summed E-state index contributed by atoms with van der Waals surface area (Å²) in [5.41, 5.74) is -1.24. The van der Waals surface area contributed by atoms with E-state index in [2.05, 4.69) is 4.84 Å². The summed E-state index contributed by atoms with van der Waals surface area (Å²) in [6, 6.07) is 0. The summed E-state index contributed by atoms with van der Waals surface area (Å²) >= 11 is 0. The van der Waals surface area contributed by atoms with E-state index in [1.807, 2.05) is 0 Å². The first-order chi connectivity index (χ1) is 7.40. The average molecular weight is 227 g/mol. The minimum atomic E-state index is -0.642. The number of hydrogen-bond donors (Lipinski definition) is 0. The predicted octanol–water partition coefficient (Wildman–Crippen LogP) is -1.28. The van der Waals surface area contributed by atoms with Gasteiger partial charge in [-0.1, -0.05) is 0 Å². The molecule has 7 heteroatoms. The van der Waals surface area contributed by atoms with Gasteiger partial charge in [0.25, 0.3) is 11.5 Å². The number of carbonyl (C=O) groups is 1. The Bertz CT molecular complexity index is 529. The third-order valence-corrected chi connectivity index (χ3v) is 2.24. The zero-order chi connectivity index (χ0) is 12.5. The molecule has 0 aliphatic heterocycles. The second-order valence-corrected chi connectivity index (χ2v) is 3.29. The summed E-state index contributed by atoms with van der Waals surface area (Å²) in [5.74, 6) is -0.598. The molecule has 0 unspecified atom stereocenters. The lowest BCUT2D eigenvalue weighted by atomic mass is 10.3. The Morgan fingerprint density at radius 3 is 2.44 bits per heavy atom. The van der Waals surface area contributed by atoms with Crippen LogP contribution < -0.4 is 11.2 Å². The van der Waals surface area contributed by atoms with E-state index in [-0.39, 0.29) is 5.56 Å². The van der Waals surface area contributed by atoms with Gasteiger partial charge in [-0.15, -0.1) is 0 Å². The number of amides is 1. The lowest BCUT2D eigenvalue weighted by molar-refractivity contribution is -0.0758. The van der Waals surface area contributed by atoms with Crippen molar-refractivity contribution in [1.29, 1.82) is 0 Å². The summed E-state index contributed by atoms with van der Waals surface area (Å²) < 4.78 is 2.04. The van der Waals surface area contributed by atoms with E-state index in [1.165, 1.54) is 34.4 Å². The van der Waals surface area contributed by atoms with Crippen molar-refractivity contribution in [2.45, 2.75) is 0 Å². The second-order valence-electron chi connectivity index (χ2n) is 3.29. The smallest absolute Gasteiger partial charge is 0.303 e. The Balaban J connectivity index is 3.43. The standard InChI is InChI=1S/C9H13N3O4/c1-10-5-6(8(14)12(3)16-4)7(13)11(2)9(10)15/h5H,1-4H3. The highest BCUT2D eigenvalue weighted by Gasteiger charge is 2.18. The summed E-state index contributed by atoms with van der Waals surface area (Å²) in [4.78, 5) is 39.4. The third-order valence-electron chi connectivity index (χ3n) is 2.24. The summed E-state index contributed by atoms with van der Waals surface area (Å²) in [5, 5.41) is 0.918. The highest BCUT2D eigenvalue weighted by atomic mass is 16.7.